The van der Waals surface area contributed by atoms with Crippen molar-refractivity contribution in [2.75, 3.05) is 31.6 Å². The molecule has 2 fully saturated rings. The van der Waals surface area contributed by atoms with Gasteiger partial charge in [0.15, 0.2) is 0 Å². The predicted molar refractivity (Wildman–Crippen MR) is 106 cm³/mol. The Morgan fingerprint density at radius 2 is 1.68 bits per heavy atom. The Morgan fingerprint density at radius 1 is 1.04 bits per heavy atom. The maximum atomic E-state index is 12.5. The minimum absolute atomic E-state index is 0.0508. The number of carbonyl (C=O) groups is 3. The Bertz CT molecular complexity index is 718. The summed E-state index contributed by atoms with van der Waals surface area (Å²) in [5.74, 6) is -0.368. The van der Waals surface area contributed by atoms with Gasteiger partial charge < -0.3 is 20.3 Å². The zero-order valence-electron chi connectivity index (χ0n) is 16.0. The molecule has 0 bridgehead atoms. The molecule has 1 aromatic carbocycles. The van der Waals surface area contributed by atoms with E-state index in [4.69, 9.17) is 4.74 Å². The van der Waals surface area contributed by atoms with Crippen molar-refractivity contribution in [3.8, 4) is 0 Å². The first-order valence-corrected chi connectivity index (χ1v) is 9.77. The van der Waals surface area contributed by atoms with Crippen LogP contribution in [0.25, 0.3) is 0 Å². The molecular formula is C21H27N3O4. The van der Waals surface area contributed by atoms with E-state index in [2.05, 4.69) is 17.2 Å². The van der Waals surface area contributed by atoms with Crippen LogP contribution < -0.4 is 10.6 Å². The van der Waals surface area contributed by atoms with Crippen molar-refractivity contribution in [1.29, 1.82) is 0 Å². The molecule has 2 heterocycles. The topological polar surface area (TPSA) is 87.7 Å². The number of amides is 3. The van der Waals surface area contributed by atoms with Crippen molar-refractivity contribution in [3.63, 3.8) is 0 Å². The Kier molecular flexibility index (Phi) is 6.81. The molecule has 7 nitrogen and oxygen atoms in total. The van der Waals surface area contributed by atoms with Crippen LogP contribution in [0, 0.1) is 5.92 Å². The molecule has 2 N–H and O–H groups in total. The first-order valence-electron chi connectivity index (χ1n) is 9.77. The van der Waals surface area contributed by atoms with Crippen molar-refractivity contribution in [3.05, 3.63) is 42.5 Å². The van der Waals surface area contributed by atoms with E-state index in [0.29, 0.717) is 50.4 Å². The van der Waals surface area contributed by atoms with E-state index in [1.54, 1.807) is 29.2 Å². The van der Waals surface area contributed by atoms with Gasteiger partial charge in [-0.1, -0.05) is 6.58 Å². The average Bonchev–Trinajstić information content (AvgIpc) is 2.74. The molecule has 0 aliphatic carbocycles. The third-order valence-electron chi connectivity index (χ3n) is 5.32. The highest BCUT2D eigenvalue weighted by Gasteiger charge is 2.26. The highest BCUT2D eigenvalue weighted by molar-refractivity contribution is 5.96. The molecule has 28 heavy (non-hydrogen) atoms. The fourth-order valence-corrected chi connectivity index (χ4v) is 3.55. The molecule has 0 radical (unpaired) electrons. The summed E-state index contributed by atoms with van der Waals surface area (Å²) in [4.78, 5) is 38.1. The van der Waals surface area contributed by atoms with Gasteiger partial charge in [0.25, 0.3) is 5.91 Å². The number of ether oxygens (including phenoxy) is 1. The number of piperidine rings is 1. The maximum absolute atomic E-state index is 12.5. The van der Waals surface area contributed by atoms with Gasteiger partial charge in [-0.15, -0.1) is 0 Å². The third-order valence-corrected chi connectivity index (χ3v) is 5.32. The lowest BCUT2D eigenvalue weighted by Crippen LogP contribution is -2.40. The van der Waals surface area contributed by atoms with Crippen LogP contribution in [-0.2, 0) is 14.3 Å². The molecule has 150 valence electrons. The largest absolute Gasteiger partial charge is 0.381 e. The van der Waals surface area contributed by atoms with Crippen LogP contribution in [0.3, 0.4) is 0 Å². The lowest BCUT2D eigenvalue weighted by atomic mass is 9.95. The Morgan fingerprint density at radius 3 is 2.29 bits per heavy atom. The van der Waals surface area contributed by atoms with Gasteiger partial charge in [-0.2, -0.15) is 0 Å². The summed E-state index contributed by atoms with van der Waals surface area (Å²) < 4.78 is 5.30. The minimum Gasteiger partial charge on any atom is -0.381 e. The van der Waals surface area contributed by atoms with Crippen molar-refractivity contribution in [1.82, 2.24) is 10.2 Å². The van der Waals surface area contributed by atoms with E-state index in [1.165, 1.54) is 6.08 Å². The molecule has 2 aliphatic rings. The lowest BCUT2D eigenvalue weighted by Gasteiger charge is -2.30. The molecule has 2 saturated heterocycles. The number of anilines is 1. The van der Waals surface area contributed by atoms with Crippen molar-refractivity contribution >= 4 is 23.4 Å². The fourth-order valence-electron chi connectivity index (χ4n) is 3.55. The van der Waals surface area contributed by atoms with E-state index in [9.17, 15) is 14.4 Å². The zero-order chi connectivity index (χ0) is 19.9. The SMILES string of the molecule is C=CC(=O)N1CCC(C(=O)Nc2ccc(C(=O)NC3CCOCC3)cc2)CC1. The normalized spacial score (nSPS) is 18.4. The van der Waals surface area contributed by atoms with Crippen LogP contribution >= 0.6 is 0 Å². The quantitative estimate of drug-likeness (QED) is 0.759. The van der Waals surface area contributed by atoms with Crippen molar-refractivity contribution in [2.24, 2.45) is 5.92 Å². The van der Waals surface area contributed by atoms with E-state index >= 15 is 0 Å². The van der Waals surface area contributed by atoms with Gasteiger partial charge in [0.1, 0.15) is 0 Å². The van der Waals surface area contributed by atoms with Crippen LogP contribution in [-0.4, -0.2) is 55.0 Å². The lowest BCUT2D eigenvalue weighted by molar-refractivity contribution is -0.130. The van der Waals surface area contributed by atoms with Gasteiger partial charge in [0.2, 0.25) is 11.8 Å². The molecule has 3 amide bonds. The maximum Gasteiger partial charge on any atom is 0.251 e. The number of rotatable bonds is 5. The fraction of sp³-hybridized carbons (Fsp3) is 0.476. The van der Waals surface area contributed by atoms with Crippen LogP contribution in [0.15, 0.2) is 36.9 Å². The van der Waals surface area contributed by atoms with Crippen molar-refractivity contribution in [2.45, 2.75) is 31.7 Å². The number of likely N-dealkylation sites (tertiary alicyclic amines) is 1. The van der Waals surface area contributed by atoms with Gasteiger partial charge in [0.05, 0.1) is 0 Å². The molecular weight excluding hydrogens is 358 g/mol. The van der Waals surface area contributed by atoms with Crippen LogP contribution in [0.5, 0.6) is 0 Å². The number of nitrogens with zero attached hydrogens (tertiary/aromatic N) is 1. The predicted octanol–water partition coefficient (Wildman–Crippen LogP) is 1.96. The van der Waals surface area contributed by atoms with Gasteiger partial charge in [-0.05, 0) is 56.0 Å². The Balaban J connectivity index is 1.48. The van der Waals surface area contributed by atoms with Crippen molar-refractivity contribution < 1.29 is 19.1 Å². The van der Waals surface area contributed by atoms with Crippen LogP contribution in [0.4, 0.5) is 5.69 Å². The molecule has 0 spiro atoms. The first kappa shape index (κ1) is 20.1. The first-order chi connectivity index (χ1) is 13.6. The summed E-state index contributed by atoms with van der Waals surface area (Å²) >= 11 is 0. The van der Waals surface area contributed by atoms with Crippen LogP contribution in [0.1, 0.15) is 36.0 Å². The molecule has 0 saturated carbocycles. The molecule has 7 heteroatoms. The van der Waals surface area contributed by atoms with Gasteiger partial charge >= 0.3 is 0 Å². The molecule has 0 unspecified atom stereocenters. The second-order valence-corrected chi connectivity index (χ2v) is 7.23. The number of nitrogens with one attached hydrogen (secondary N) is 2. The summed E-state index contributed by atoms with van der Waals surface area (Å²) in [7, 11) is 0. The smallest absolute Gasteiger partial charge is 0.251 e. The second-order valence-electron chi connectivity index (χ2n) is 7.23. The van der Waals surface area contributed by atoms with Gasteiger partial charge in [0, 0.05) is 49.5 Å². The van der Waals surface area contributed by atoms with E-state index < -0.39 is 0 Å². The third kappa shape index (κ3) is 5.19. The standard InChI is InChI=1S/C21H27N3O4/c1-2-19(25)24-11-7-16(8-12-24)21(27)22-17-5-3-15(4-6-17)20(26)23-18-9-13-28-14-10-18/h2-6,16,18H,1,7-14H2,(H,22,27)(H,23,26). The Hall–Kier alpha value is -2.67. The highest BCUT2D eigenvalue weighted by Crippen LogP contribution is 2.20. The summed E-state index contributed by atoms with van der Waals surface area (Å²) in [6.45, 7) is 5.98. The number of hydrogen-bond donors (Lipinski definition) is 2. The monoisotopic (exact) mass is 385 g/mol. The average molecular weight is 385 g/mol. The minimum atomic E-state index is -0.120. The van der Waals surface area contributed by atoms with Crippen LogP contribution in [0.2, 0.25) is 0 Å². The van der Waals surface area contributed by atoms with E-state index in [0.717, 1.165) is 12.8 Å². The Labute approximate surface area is 165 Å². The summed E-state index contributed by atoms with van der Waals surface area (Å²) in [6, 6.07) is 7.07. The van der Waals surface area contributed by atoms with Gasteiger partial charge in [-0.3, -0.25) is 14.4 Å². The molecule has 3 rings (SSSR count). The van der Waals surface area contributed by atoms with Gasteiger partial charge in [-0.25, -0.2) is 0 Å². The number of hydrogen-bond acceptors (Lipinski definition) is 4. The molecule has 0 aromatic heterocycles. The summed E-state index contributed by atoms with van der Waals surface area (Å²) in [6.07, 6.45) is 4.24. The number of benzene rings is 1. The highest BCUT2D eigenvalue weighted by atomic mass is 16.5. The summed E-state index contributed by atoms with van der Waals surface area (Å²) in [5, 5.41) is 5.93. The second kappa shape index (κ2) is 9.50. The van der Waals surface area contributed by atoms with E-state index in [1.807, 2.05) is 0 Å². The molecule has 1 aromatic rings. The summed E-state index contributed by atoms with van der Waals surface area (Å²) in [5.41, 5.74) is 1.23. The molecule has 0 atom stereocenters. The molecule has 2 aliphatic heterocycles. The zero-order valence-corrected chi connectivity index (χ0v) is 16.0. The number of carbonyl (C=O) groups excluding carboxylic acids is 3. The van der Waals surface area contributed by atoms with E-state index in [-0.39, 0.29) is 29.7 Å².